The van der Waals surface area contributed by atoms with E-state index >= 15 is 0 Å². The number of carbonyl (C=O) groups excluding carboxylic acids is 1. The second kappa shape index (κ2) is 9.13. The zero-order valence-corrected chi connectivity index (χ0v) is 17.2. The third-order valence-corrected chi connectivity index (χ3v) is 4.74. The number of carboxylic acids is 1. The van der Waals surface area contributed by atoms with Gasteiger partial charge in [-0.05, 0) is 48.9 Å². The van der Waals surface area contributed by atoms with Gasteiger partial charge in [0.1, 0.15) is 17.0 Å². The van der Waals surface area contributed by atoms with Gasteiger partial charge >= 0.3 is 5.97 Å². The number of ether oxygens (including phenoxy) is 1. The Balaban J connectivity index is 1.89. The van der Waals surface area contributed by atoms with Crippen molar-refractivity contribution in [3.8, 4) is 11.6 Å². The third kappa shape index (κ3) is 5.00. The maximum absolute atomic E-state index is 13.6. The first kappa shape index (κ1) is 22.2. The van der Waals surface area contributed by atoms with Gasteiger partial charge in [-0.2, -0.15) is 5.10 Å². The molecule has 0 saturated carbocycles. The summed E-state index contributed by atoms with van der Waals surface area (Å²) >= 11 is 5.85. The molecule has 2 aromatic carbocycles. The number of hydrogen-bond acceptors (Lipinski definition) is 4. The van der Waals surface area contributed by atoms with E-state index in [1.54, 1.807) is 19.1 Å². The number of amides is 1. The van der Waals surface area contributed by atoms with Crippen molar-refractivity contribution in [2.75, 3.05) is 0 Å². The van der Waals surface area contributed by atoms with Crippen LogP contribution in [0.5, 0.6) is 11.6 Å². The number of alkyl halides is 2. The van der Waals surface area contributed by atoms with Crippen LogP contribution in [0.15, 0.2) is 48.5 Å². The summed E-state index contributed by atoms with van der Waals surface area (Å²) in [5, 5.41) is 15.8. The quantitative estimate of drug-likeness (QED) is 0.530. The summed E-state index contributed by atoms with van der Waals surface area (Å²) in [6, 6.07) is 11.5. The summed E-state index contributed by atoms with van der Waals surface area (Å²) in [6.45, 7) is 1.64. The van der Waals surface area contributed by atoms with E-state index in [-0.39, 0.29) is 17.0 Å². The van der Waals surface area contributed by atoms with Gasteiger partial charge in [-0.25, -0.2) is 18.3 Å². The Morgan fingerprint density at radius 2 is 1.74 bits per heavy atom. The molecule has 0 radical (unpaired) electrons. The van der Waals surface area contributed by atoms with E-state index in [0.717, 1.165) is 4.68 Å². The molecule has 0 aliphatic heterocycles. The topological polar surface area (TPSA) is 93.5 Å². The number of benzene rings is 2. The standard InChI is InChI=1S/C21H18ClF2N3O4/c1-11(12-3-5-13(6-4-12)21(29)30)25-19(28)16-17(18(23)24)26-27(2)20(16)31-15-9-7-14(22)8-10-15/h3-11,18H,1-2H3,(H,25,28)(H,29,30)/t11-/m0/s1. The summed E-state index contributed by atoms with van der Waals surface area (Å²) in [6.07, 6.45) is -3.00. The maximum Gasteiger partial charge on any atom is 0.335 e. The number of rotatable bonds is 7. The number of carboxylic acid groups (broad SMARTS) is 1. The number of hydrogen-bond donors (Lipinski definition) is 2. The number of carbonyl (C=O) groups is 2. The fourth-order valence-corrected chi connectivity index (χ4v) is 3.02. The predicted octanol–water partition coefficient (Wildman–Crippen LogP) is 4.99. The molecule has 0 unspecified atom stereocenters. The molecule has 0 aliphatic carbocycles. The zero-order valence-electron chi connectivity index (χ0n) is 16.5. The number of aromatic carboxylic acids is 1. The Morgan fingerprint density at radius 1 is 1.13 bits per heavy atom. The minimum absolute atomic E-state index is 0.0909. The van der Waals surface area contributed by atoms with Crippen molar-refractivity contribution in [3.05, 3.63) is 75.9 Å². The molecule has 0 bridgehead atoms. The Bertz CT molecular complexity index is 1100. The van der Waals surface area contributed by atoms with Crippen LogP contribution in [-0.2, 0) is 7.05 Å². The van der Waals surface area contributed by atoms with Crippen molar-refractivity contribution in [1.29, 1.82) is 0 Å². The first-order valence-corrected chi connectivity index (χ1v) is 9.47. The molecule has 10 heteroatoms. The van der Waals surface area contributed by atoms with Crippen molar-refractivity contribution < 1.29 is 28.2 Å². The maximum atomic E-state index is 13.6. The zero-order chi connectivity index (χ0) is 22.7. The normalized spacial score (nSPS) is 11.9. The number of halogens is 3. The molecule has 3 aromatic rings. The highest BCUT2D eigenvalue weighted by atomic mass is 35.5. The first-order chi connectivity index (χ1) is 14.7. The van der Waals surface area contributed by atoms with Crippen molar-refractivity contribution in [3.63, 3.8) is 0 Å². The van der Waals surface area contributed by atoms with Gasteiger partial charge in [-0.1, -0.05) is 23.7 Å². The van der Waals surface area contributed by atoms with Crippen molar-refractivity contribution in [1.82, 2.24) is 15.1 Å². The fraction of sp³-hybridized carbons (Fsp3) is 0.190. The van der Waals surface area contributed by atoms with E-state index in [9.17, 15) is 18.4 Å². The van der Waals surface area contributed by atoms with Crippen LogP contribution >= 0.6 is 11.6 Å². The highest BCUT2D eigenvalue weighted by molar-refractivity contribution is 6.30. The molecule has 0 saturated heterocycles. The molecule has 31 heavy (non-hydrogen) atoms. The van der Waals surface area contributed by atoms with Crippen LogP contribution in [0.4, 0.5) is 8.78 Å². The van der Waals surface area contributed by atoms with E-state index in [2.05, 4.69) is 10.4 Å². The summed E-state index contributed by atoms with van der Waals surface area (Å²) in [5.74, 6) is -1.74. The largest absolute Gasteiger partial charge is 0.478 e. The highest BCUT2D eigenvalue weighted by Gasteiger charge is 2.30. The van der Waals surface area contributed by atoms with Gasteiger partial charge < -0.3 is 15.2 Å². The number of aryl methyl sites for hydroxylation is 1. The molecule has 0 spiro atoms. The lowest BCUT2D eigenvalue weighted by atomic mass is 10.1. The van der Waals surface area contributed by atoms with Crippen molar-refractivity contribution in [2.24, 2.45) is 7.05 Å². The van der Waals surface area contributed by atoms with Gasteiger partial charge in [0.25, 0.3) is 12.3 Å². The monoisotopic (exact) mass is 449 g/mol. The molecular weight excluding hydrogens is 432 g/mol. The fourth-order valence-electron chi connectivity index (χ4n) is 2.89. The third-order valence-electron chi connectivity index (χ3n) is 4.49. The lowest BCUT2D eigenvalue weighted by Gasteiger charge is -2.16. The van der Waals surface area contributed by atoms with Crippen LogP contribution in [0.3, 0.4) is 0 Å². The number of nitrogens with one attached hydrogen (secondary N) is 1. The predicted molar refractivity (Wildman–Crippen MR) is 109 cm³/mol. The summed E-state index contributed by atoms with van der Waals surface area (Å²) in [5.41, 5.74) is -0.409. The van der Waals surface area contributed by atoms with Crippen LogP contribution < -0.4 is 10.1 Å². The van der Waals surface area contributed by atoms with Crippen molar-refractivity contribution >= 4 is 23.5 Å². The Kier molecular flexibility index (Phi) is 6.55. The van der Waals surface area contributed by atoms with Gasteiger partial charge in [0.05, 0.1) is 11.6 Å². The molecule has 0 fully saturated rings. The van der Waals surface area contributed by atoms with E-state index in [4.69, 9.17) is 21.4 Å². The lowest BCUT2D eigenvalue weighted by molar-refractivity contribution is 0.0696. The van der Waals surface area contributed by atoms with E-state index in [0.29, 0.717) is 16.3 Å². The molecule has 0 aliphatic rings. The molecule has 1 heterocycles. The molecule has 1 amide bonds. The molecular formula is C21H18ClF2N3O4. The molecule has 7 nitrogen and oxygen atoms in total. The summed E-state index contributed by atoms with van der Waals surface area (Å²) in [7, 11) is 1.39. The molecule has 162 valence electrons. The van der Waals surface area contributed by atoms with Crippen LogP contribution in [0.2, 0.25) is 5.02 Å². The highest BCUT2D eigenvalue weighted by Crippen LogP contribution is 2.33. The minimum atomic E-state index is -3.00. The van der Waals surface area contributed by atoms with Gasteiger partial charge in [0.2, 0.25) is 5.88 Å². The van der Waals surface area contributed by atoms with Gasteiger partial charge in [-0.3, -0.25) is 4.79 Å². The molecule has 3 rings (SSSR count). The number of nitrogens with zero attached hydrogens (tertiary/aromatic N) is 2. The van der Waals surface area contributed by atoms with Crippen LogP contribution in [0.1, 0.15) is 51.4 Å². The average Bonchev–Trinajstić information content (AvgIpc) is 3.06. The van der Waals surface area contributed by atoms with Crippen LogP contribution in [0, 0.1) is 0 Å². The summed E-state index contributed by atoms with van der Waals surface area (Å²) in [4.78, 5) is 23.9. The van der Waals surface area contributed by atoms with E-state index in [1.165, 1.54) is 43.4 Å². The Morgan fingerprint density at radius 3 is 2.29 bits per heavy atom. The Labute approximate surface area is 181 Å². The summed E-state index contributed by atoms with van der Waals surface area (Å²) < 4.78 is 33.9. The molecule has 1 aromatic heterocycles. The van der Waals surface area contributed by atoms with Crippen LogP contribution in [-0.4, -0.2) is 26.8 Å². The van der Waals surface area contributed by atoms with E-state index in [1.807, 2.05) is 0 Å². The van der Waals surface area contributed by atoms with Crippen LogP contribution in [0.25, 0.3) is 0 Å². The van der Waals surface area contributed by atoms with Gasteiger partial charge in [0.15, 0.2) is 0 Å². The van der Waals surface area contributed by atoms with Crippen molar-refractivity contribution in [2.45, 2.75) is 19.4 Å². The Hall–Kier alpha value is -3.46. The second-order valence-corrected chi connectivity index (χ2v) is 7.10. The molecule has 1 atom stereocenters. The van der Waals surface area contributed by atoms with Gasteiger partial charge in [0, 0.05) is 12.1 Å². The second-order valence-electron chi connectivity index (χ2n) is 6.67. The SMILES string of the molecule is C[C@H](NC(=O)c1c(C(F)F)nn(C)c1Oc1ccc(Cl)cc1)c1ccc(C(=O)O)cc1. The smallest absolute Gasteiger partial charge is 0.335 e. The first-order valence-electron chi connectivity index (χ1n) is 9.10. The minimum Gasteiger partial charge on any atom is -0.478 e. The van der Waals surface area contributed by atoms with E-state index < -0.39 is 30.0 Å². The van der Waals surface area contributed by atoms with Gasteiger partial charge in [-0.15, -0.1) is 0 Å². The number of aromatic nitrogens is 2. The lowest BCUT2D eigenvalue weighted by Crippen LogP contribution is -2.27. The average molecular weight is 450 g/mol. The molecule has 2 N–H and O–H groups in total.